The second-order valence-electron chi connectivity index (χ2n) is 7.03. The summed E-state index contributed by atoms with van der Waals surface area (Å²) in [6.07, 6.45) is -4.75. The lowest BCUT2D eigenvalue weighted by atomic mass is 10.1. The number of carbonyl (C=O) groups is 2. The molecule has 31 heavy (non-hydrogen) atoms. The number of halogens is 3. The summed E-state index contributed by atoms with van der Waals surface area (Å²) in [5, 5.41) is 0. The highest BCUT2D eigenvalue weighted by Gasteiger charge is 2.38. The van der Waals surface area contributed by atoms with Gasteiger partial charge in [-0.15, -0.1) is 0 Å². The van der Waals surface area contributed by atoms with Gasteiger partial charge < -0.3 is 4.57 Å². The van der Waals surface area contributed by atoms with Crippen LogP contribution in [-0.4, -0.2) is 52.7 Å². The molecule has 0 aliphatic carbocycles. The number of rotatable bonds is 6. The highest BCUT2D eigenvalue weighted by molar-refractivity contribution is 7.91. The Morgan fingerprint density at radius 1 is 0.839 bits per heavy atom. The normalized spacial score (nSPS) is 14.5. The van der Waals surface area contributed by atoms with E-state index in [0.717, 1.165) is 9.47 Å². The van der Waals surface area contributed by atoms with Gasteiger partial charge in [-0.1, -0.05) is 24.3 Å². The fraction of sp³-hybridized carbons (Fsp3) is 0.250. The second kappa shape index (κ2) is 7.49. The van der Waals surface area contributed by atoms with Crippen LogP contribution in [0.5, 0.6) is 0 Å². The Kier molecular flexibility index (Phi) is 5.08. The second-order valence-corrected chi connectivity index (χ2v) is 9.34. The van der Waals surface area contributed by atoms with E-state index < -0.39 is 51.7 Å². The summed E-state index contributed by atoms with van der Waals surface area (Å²) in [6.45, 7) is -0.828. The number of amides is 2. The van der Waals surface area contributed by atoms with E-state index in [-0.39, 0.29) is 28.7 Å². The molecule has 3 aromatic rings. The predicted octanol–water partition coefficient (Wildman–Crippen LogP) is 2.77. The molecule has 1 aliphatic heterocycles. The van der Waals surface area contributed by atoms with Gasteiger partial charge in [0.15, 0.2) is 9.84 Å². The molecule has 0 fully saturated rings. The van der Waals surface area contributed by atoms with Crippen molar-refractivity contribution >= 4 is 32.7 Å². The maximum absolute atomic E-state index is 13.4. The van der Waals surface area contributed by atoms with Crippen LogP contribution in [-0.2, 0) is 22.6 Å². The first kappa shape index (κ1) is 21.0. The number of imidazole rings is 1. The maximum Gasteiger partial charge on any atom is 0.449 e. The molecule has 4 rings (SSSR count). The molecule has 0 N–H and O–H groups in total. The van der Waals surface area contributed by atoms with Crippen LogP contribution in [0.2, 0.25) is 0 Å². The largest absolute Gasteiger partial charge is 0.449 e. The van der Waals surface area contributed by atoms with E-state index in [1.165, 1.54) is 30.3 Å². The molecule has 2 heterocycles. The molecule has 2 aromatic carbocycles. The Bertz CT molecular complexity index is 1260. The van der Waals surface area contributed by atoms with Crippen LogP contribution >= 0.6 is 0 Å². The lowest BCUT2D eigenvalue weighted by Gasteiger charge is -2.15. The smallest absolute Gasteiger partial charge is 0.319 e. The Morgan fingerprint density at radius 3 is 2.00 bits per heavy atom. The van der Waals surface area contributed by atoms with Gasteiger partial charge in [0.2, 0.25) is 5.82 Å². The highest BCUT2D eigenvalue weighted by Crippen LogP contribution is 2.31. The van der Waals surface area contributed by atoms with Crippen LogP contribution in [0.15, 0.2) is 48.5 Å². The van der Waals surface area contributed by atoms with E-state index in [1.807, 2.05) is 0 Å². The van der Waals surface area contributed by atoms with Gasteiger partial charge in [-0.3, -0.25) is 14.5 Å². The van der Waals surface area contributed by atoms with Gasteiger partial charge in [0, 0.05) is 13.1 Å². The van der Waals surface area contributed by atoms with Crippen molar-refractivity contribution in [2.45, 2.75) is 12.7 Å². The number of fused-ring (bicyclic) bond motifs is 2. The minimum absolute atomic E-state index is 0.109. The van der Waals surface area contributed by atoms with Crippen molar-refractivity contribution in [2.75, 3.05) is 18.1 Å². The van der Waals surface area contributed by atoms with Gasteiger partial charge in [0.1, 0.15) is 0 Å². The fourth-order valence-corrected chi connectivity index (χ4v) is 4.65. The molecule has 0 spiro atoms. The summed E-state index contributed by atoms with van der Waals surface area (Å²) in [7, 11) is -3.87. The first-order valence-electron chi connectivity index (χ1n) is 9.26. The molecule has 0 saturated heterocycles. The molecule has 0 saturated carbocycles. The molecule has 7 nitrogen and oxygen atoms in total. The molecular formula is C20H16F3N3O4S. The van der Waals surface area contributed by atoms with Crippen molar-refractivity contribution in [2.24, 2.45) is 0 Å². The number of alkyl halides is 3. The van der Waals surface area contributed by atoms with Crippen molar-refractivity contribution in [1.29, 1.82) is 0 Å². The third-order valence-electron chi connectivity index (χ3n) is 5.04. The molecule has 0 atom stereocenters. The number of hydrogen-bond donors (Lipinski definition) is 0. The number of imide groups is 1. The van der Waals surface area contributed by atoms with E-state index in [9.17, 15) is 31.2 Å². The number of para-hydroxylation sites is 2. The molecule has 0 bridgehead atoms. The first-order chi connectivity index (χ1) is 14.6. The molecule has 1 aliphatic rings. The van der Waals surface area contributed by atoms with Crippen LogP contribution in [0.25, 0.3) is 11.0 Å². The quantitative estimate of drug-likeness (QED) is 0.538. The molecule has 1 aromatic heterocycles. The Hall–Kier alpha value is -3.21. The standard InChI is InChI=1S/C20H16F3N3O4S/c21-20(22,23)19-24-15-7-3-4-8-16(15)25(19)9-11-31(29,30)12-10-26-17(27)13-5-1-2-6-14(13)18(26)28/h1-8H,9-12H2. The summed E-state index contributed by atoms with van der Waals surface area (Å²) >= 11 is 0. The number of carbonyl (C=O) groups excluding carboxylic acids is 2. The van der Waals surface area contributed by atoms with E-state index in [4.69, 9.17) is 0 Å². The molecule has 162 valence electrons. The van der Waals surface area contributed by atoms with E-state index in [1.54, 1.807) is 18.2 Å². The SMILES string of the molecule is O=C1c2ccccc2C(=O)N1CCS(=O)(=O)CCn1c(C(F)(F)F)nc2ccccc21. The van der Waals surface area contributed by atoms with Gasteiger partial charge in [0.05, 0.1) is 33.7 Å². The Morgan fingerprint density at radius 2 is 1.39 bits per heavy atom. The zero-order chi connectivity index (χ0) is 22.4. The van der Waals surface area contributed by atoms with Gasteiger partial charge >= 0.3 is 6.18 Å². The third-order valence-corrected chi connectivity index (χ3v) is 6.65. The summed E-state index contributed by atoms with van der Waals surface area (Å²) < 4.78 is 65.9. The van der Waals surface area contributed by atoms with Crippen LogP contribution in [0, 0.1) is 0 Å². The average Bonchev–Trinajstić information content (AvgIpc) is 3.21. The number of hydrogen-bond acceptors (Lipinski definition) is 5. The number of aromatic nitrogens is 2. The lowest BCUT2D eigenvalue weighted by Crippen LogP contribution is -2.35. The molecule has 2 amide bonds. The predicted molar refractivity (Wildman–Crippen MR) is 105 cm³/mol. The topological polar surface area (TPSA) is 89.3 Å². The first-order valence-corrected chi connectivity index (χ1v) is 11.1. The number of benzene rings is 2. The van der Waals surface area contributed by atoms with Gasteiger partial charge in [-0.2, -0.15) is 13.2 Å². The highest BCUT2D eigenvalue weighted by atomic mass is 32.2. The van der Waals surface area contributed by atoms with Crippen LogP contribution in [0.1, 0.15) is 26.5 Å². The van der Waals surface area contributed by atoms with E-state index >= 15 is 0 Å². The molecular weight excluding hydrogens is 435 g/mol. The summed E-state index contributed by atoms with van der Waals surface area (Å²) in [5.74, 6) is -3.50. The minimum atomic E-state index is -4.75. The van der Waals surface area contributed by atoms with Gasteiger partial charge in [-0.25, -0.2) is 13.4 Å². The van der Waals surface area contributed by atoms with Crippen molar-refractivity contribution in [3.8, 4) is 0 Å². The van der Waals surface area contributed by atoms with E-state index in [0.29, 0.717) is 0 Å². The lowest BCUT2D eigenvalue weighted by molar-refractivity contribution is -0.146. The summed E-state index contributed by atoms with van der Waals surface area (Å²) in [5.41, 5.74) is 0.679. The Balaban J connectivity index is 1.49. The van der Waals surface area contributed by atoms with Crippen molar-refractivity contribution in [3.05, 3.63) is 65.5 Å². The summed E-state index contributed by atoms with van der Waals surface area (Å²) in [6, 6.07) is 12.1. The van der Waals surface area contributed by atoms with Crippen LogP contribution < -0.4 is 0 Å². The minimum Gasteiger partial charge on any atom is -0.319 e. The van der Waals surface area contributed by atoms with Crippen molar-refractivity contribution in [1.82, 2.24) is 14.5 Å². The summed E-state index contributed by atoms with van der Waals surface area (Å²) in [4.78, 5) is 29.1. The monoisotopic (exact) mass is 451 g/mol. The number of nitrogens with zero attached hydrogens (tertiary/aromatic N) is 3. The number of aryl methyl sites for hydroxylation is 1. The van der Waals surface area contributed by atoms with Gasteiger partial charge in [0.25, 0.3) is 11.8 Å². The zero-order valence-corrected chi connectivity index (χ0v) is 16.8. The fourth-order valence-electron chi connectivity index (χ4n) is 3.52. The Labute approximate surface area is 175 Å². The third kappa shape index (κ3) is 3.92. The molecule has 0 unspecified atom stereocenters. The average molecular weight is 451 g/mol. The van der Waals surface area contributed by atoms with Crippen LogP contribution in [0.3, 0.4) is 0 Å². The number of sulfone groups is 1. The molecule has 11 heteroatoms. The van der Waals surface area contributed by atoms with E-state index in [2.05, 4.69) is 4.98 Å². The van der Waals surface area contributed by atoms with Gasteiger partial charge in [-0.05, 0) is 24.3 Å². The maximum atomic E-state index is 13.4. The van der Waals surface area contributed by atoms with Crippen LogP contribution in [0.4, 0.5) is 13.2 Å². The van der Waals surface area contributed by atoms with Crippen molar-refractivity contribution in [3.63, 3.8) is 0 Å². The van der Waals surface area contributed by atoms with Crippen molar-refractivity contribution < 1.29 is 31.2 Å². The molecule has 0 radical (unpaired) electrons. The zero-order valence-electron chi connectivity index (χ0n) is 16.0.